The first kappa shape index (κ1) is 22.3. The van der Waals surface area contributed by atoms with Gasteiger partial charge in [-0.25, -0.2) is 0 Å². The fourth-order valence-corrected chi connectivity index (χ4v) is 3.11. The molecule has 0 heterocycles. The van der Waals surface area contributed by atoms with Crippen LogP contribution in [0.4, 0.5) is 11.4 Å². The van der Waals surface area contributed by atoms with Crippen molar-refractivity contribution >= 4 is 22.8 Å². The summed E-state index contributed by atoms with van der Waals surface area (Å²) in [5.74, 6) is 0. The Morgan fingerprint density at radius 3 is 1.58 bits per heavy atom. The van der Waals surface area contributed by atoms with E-state index in [1.165, 1.54) is 22.3 Å². The van der Waals surface area contributed by atoms with Crippen molar-refractivity contribution < 1.29 is 16.5 Å². The van der Waals surface area contributed by atoms with Crippen LogP contribution in [-0.2, 0) is 16.5 Å². The summed E-state index contributed by atoms with van der Waals surface area (Å²) < 4.78 is 0. The summed E-state index contributed by atoms with van der Waals surface area (Å²) in [6.45, 7) is 12.8. The van der Waals surface area contributed by atoms with Gasteiger partial charge in [-0.1, -0.05) is 25.5 Å². The summed E-state index contributed by atoms with van der Waals surface area (Å²) in [6.07, 6.45) is 3.25. The molecule has 142 valence electrons. The van der Waals surface area contributed by atoms with Gasteiger partial charge >= 0.3 is 0 Å². The van der Waals surface area contributed by atoms with Crippen molar-refractivity contribution in [2.75, 3.05) is 0 Å². The van der Waals surface area contributed by atoms with Gasteiger partial charge in [-0.2, -0.15) is 0 Å². The molecule has 2 aromatic carbocycles. The minimum Gasteiger partial charge on any atom is -0.252 e. The second-order valence-electron chi connectivity index (χ2n) is 7.05. The van der Waals surface area contributed by atoms with E-state index in [1.807, 2.05) is 0 Å². The monoisotopic (exact) mass is 392 g/mol. The summed E-state index contributed by atoms with van der Waals surface area (Å²) in [5.41, 5.74) is 9.12. The van der Waals surface area contributed by atoms with E-state index in [4.69, 9.17) is 9.98 Å². The molecule has 0 aliphatic rings. The van der Waals surface area contributed by atoms with E-state index in [0.29, 0.717) is 0 Å². The average Bonchev–Trinajstić information content (AvgIpc) is 2.49. The van der Waals surface area contributed by atoms with Crippen LogP contribution in [0.25, 0.3) is 0 Å². The van der Waals surface area contributed by atoms with Crippen LogP contribution in [-0.4, -0.2) is 11.4 Å². The maximum absolute atomic E-state index is 4.94. The van der Waals surface area contributed by atoms with Gasteiger partial charge in [-0.3, -0.25) is 9.98 Å². The van der Waals surface area contributed by atoms with E-state index in [0.717, 1.165) is 42.1 Å². The molecule has 0 bridgehead atoms. The Kier molecular flexibility index (Phi) is 8.95. The first-order valence-electron chi connectivity index (χ1n) is 9.17. The molecule has 0 N–H and O–H groups in total. The predicted molar refractivity (Wildman–Crippen MR) is 111 cm³/mol. The van der Waals surface area contributed by atoms with Gasteiger partial charge in [0.2, 0.25) is 0 Å². The van der Waals surface area contributed by atoms with Crippen LogP contribution in [0.1, 0.15) is 55.4 Å². The summed E-state index contributed by atoms with van der Waals surface area (Å²) in [6, 6.07) is 12.9. The van der Waals surface area contributed by atoms with E-state index in [2.05, 4.69) is 77.9 Å². The minimum atomic E-state index is 0. The molecule has 0 aliphatic heterocycles. The molecule has 0 saturated carbocycles. The number of rotatable bonds is 6. The zero-order chi connectivity index (χ0) is 18.4. The first-order chi connectivity index (χ1) is 11.9. The largest absolute Gasteiger partial charge is 0.252 e. The quantitative estimate of drug-likeness (QED) is 0.374. The van der Waals surface area contributed by atoms with Gasteiger partial charge in [0.15, 0.2) is 0 Å². The molecule has 0 spiro atoms. The summed E-state index contributed by atoms with van der Waals surface area (Å²) in [5, 5.41) is 0. The van der Waals surface area contributed by atoms with Gasteiger partial charge in [0.25, 0.3) is 0 Å². The molecule has 0 amide bonds. The number of aliphatic imine (C=N–C) groups is 2. The van der Waals surface area contributed by atoms with Crippen LogP contribution >= 0.6 is 0 Å². The van der Waals surface area contributed by atoms with Gasteiger partial charge in [-0.15, -0.1) is 0 Å². The Hall–Kier alpha value is -1.73. The van der Waals surface area contributed by atoms with Gasteiger partial charge in [-0.05, 0) is 94.0 Å². The smallest absolute Gasteiger partial charge is 0.0639 e. The van der Waals surface area contributed by atoms with Gasteiger partial charge in [0.1, 0.15) is 0 Å². The molecule has 0 aromatic heterocycles. The summed E-state index contributed by atoms with van der Waals surface area (Å²) in [4.78, 5) is 9.81. The topological polar surface area (TPSA) is 24.7 Å². The number of hydrogen-bond acceptors (Lipinski definition) is 2. The fraction of sp³-hybridized carbons (Fsp3) is 0.391. The van der Waals surface area contributed by atoms with Crippen LogP contribution < -0.4 is 0 Å². The number of aryl methyl sites for hydroxylation is 4. The third kappa shape index (κ3) is 6.88. The van der Waals surface area contributed by atoms with E-state index >= 15 is 0 Å². The van der Waals surface area contributed by atoms with Crippen LogP contribution in [0, 0.1) is 27.7 Å². The second kappa shape index (κ2) is 10.4. The van der Waals surface area contributed by atoms with Crippen molar-refractivity contribution in [1.82, 2.24) is 0 Å². The SMILES string of the molecule is CCCCC(=Nc1cc(C)cc(C)c1)C(C)=Nc1cc(C)cc(C)c1.[Ni]. The number of hydrogen-bond donors (Lipinski definition) is 0. The molecule has 0 atom stereocenters. The van der Waals surface area contributed by atoms with Crippen molar-refractivity contribution in [2.24, 2.45) is 9.98 Å². The van der Waals surface area contributed by atoms with Crippen molar-refractivity contribution in [3.63, 3.8) is 0 Å². The van der Waals surface area contributed by atoms with E-state index in [9.17, 15) is 0 Å². The van der Waals surface area contributed by atoms with Gasteiger partial charge in [0.05, 0.1) is 22.8 Å². The maximum atomic E-state index is 4.94. The Bertz CT molecular complexity index is 763. The van der Waals surface area contributed by atoms with Crippen molar-refractivity contribution in [3.05, 3.63) is 58.7 Å². The molecule has 2 aromatic rings. The molecule has 2 rings (SSSR count). The van der Waals surface area contributed by atoms with Crippen molar-refractivity contribution in [3.8, 4) is 0 Å². The molecular formula is C23H30N2Ni. The Morgan fingerprint density at radius 1 is 0.731 bits per heavy atom. The molecule has 0 aliphatic carbocycles. The third-order valence-electron chi connectivity index (χ3n) is 4.16. The summed E-state index contributed by atoms with van der Waals surface area (Å²) >= 11 is 0. The molecule has 26 heavy (non-hydrogen) atoms. The molecular weight excluding hydrogens is 363 g/mol. The van der Waals surface area contributed by atoms with E-state index in [1.54, 1.807) is 0 Å². The second-order valence-corrected chi connectivity index (χ2v) is 7.05. The Labute approximate surface area is 168 Å². The van der Waals surface area contributed by atoms with E-state index < -0.39 is 0 Å². The third-order valence-corrected chi connectivity index (χ3v) is 4.16. The zero-order valence-corrected chi connectivity index (χ0v) is 17.8. The van der Waals surface area contributed by atoms with E-state index in [-0.39, 0.29) is 16.5 Å². The Balaban J connectivity index is 0.00000338. The van der Waals surface area contributed by atoms with Crippen molar-refractivity contribution in [1.29, 1.82) is 0 Å². The first-order valence-corrected chi connectivity index (χ1v) is 9.17. The standard InChI is InChI=1S/C23H30N2.Ni/c1-7-8-9-23(25-22-14-18(4)11-19(5)15-22)20(6)24-21-12-16(2)10-17(3)13-21;/h10-15H,7-9H2,1-6H3;. The van der Waals surface area contributed by atoms with Crippen LogP contribution in [0.2, 0.25) is 0 Å². The van der Waals surface area contributed by atoms with Crippen molar-refractivity contribution in [2.45, 2.75) is 60.8 Å². The number of unbranched alkanes of at least 4 members (excludes halogenated alkanes) is 1. The maximum Gasteiger partial charge on any atom is 0.0639 e. The predicted octanol–water partition coefficient (Wildman–Crippen LogP) is 6.97. The number of nitrogens with zero attached hydrogens (tertiary/aromatic N) is 2. The van der Waals surface area contributed by atoms with Crippen LogP contribution in [0.5, 0.6) is 0 Å². The molecule has 0 fully saturated rings. The zero-order valence-electron chi connectivity index (χ0n) is 16.8. The minimum absolute atomic E-state index is 0. The number of benzene rings is 2. The molecule has 3 heteroatoms. The molecule has 0 radical (unpaired) electrons. The normalized spacial score (nSPS) is 12.1. The van der Waals surface area contributed by atoms with Crippen LogP contribution in [0.15, 0.2) is 46.4 Å². The van der Waals surface area contributed by atoms with Gasteiger partial charge < -0.3 is 0 Å². The van der Waals surface area contributed by atoms with Gasteiger partial charge in [0, 0.05) is 16.5 Å². The fourth-order valence-electron chi connectivity index (χ4n) is 3.11. The molecule has 2 nitrogen and oxygen atoms in total. The van der Waals surface area contributed by atoms with Crippen LogP contribution in [0.3, 0.4) is 0 Å². The average molecular weight is 393 g/mol. The summed E-state index contributed by atoms with van der Waals surface area (Å²) in [7, 11) is 0. The molecule has 0 unspecified atom stereocenters. The Morgan fingerprint density at radius 2 is 1.15 bits per heavy atom. The molecule has 0 saturated heterocycles.